The van der Waals surface area contributed by atoms with Crippen LogP contribution < -0.4 is 9.50 Å². The van der Waals surface area contributed by atoms with Gasteiger partial charge in [0.1, 0.15) is 17.7 Å². The third-order valence-electron chi connectivity index (χ3n) is 4.48. The van der Waals surface area contributed by atoms with Gasteiger partial charge >= 0.3 is 15.6 Å². The number of aromatic nitrogens is 3. The molecule has 12 heteroatoms. The average molecular weight is 474 g/mol. The Bertz CT molecular complexity index is 1430. The standard InChI is InChI=1S/C21H13F3N4O4S/c22-21(23,24)33(30,31)32-17-9-8-15(16-11-25-12-27-19(16)17)13-4-6-14(7-5-13)20(29)28-18-3-1-2-10-26-18/h1-12H,(H,26,28,29). The highest BCUT2D eigenvalue weighted by Crippen LogP contribution is 2.35. The number of hydrogen-bond acceptors (Lipinski definition) is 7. The van der Waals surface area contributed by atoms with Crippen LogP contribution in [-0.4, -0.2) is 34.8 Å². The van der Waals surface area contributed by atoms with E-state index in [9.17, 15) is 26.4 Å². The van der Waals surface area contributed by atoms with E-state index >= 15 is 0 Å². The van der Waals surface area contributed by atoms with E-state index < -0.39 is 21.4 Å². The summed E-state index contributed by atoms with van der Waals surface area (Å²) < 4.78 is 65.3. The van der Waals surface area contributed by atoms with Crippen LogP contribution in [0.4, 0.5) is 19.0 Å². The first-order valence-corrected chi connectivity index (χ1v) is 10.6. The van der Waals surface area contributed by atoms with Gasteiger partial charge in [0.05, 0.1) is 0 Å². The first kappa shape index (κ1) is 22.1. The van der Waals surface area contributed by atoms with E-state index in [-0.39, 0.29) is 16.8 Å². The minimum atomic E-state index is -5.87. The van der Waals surface area contributed by atoms with Gasteiger partial charge in [0, 0.05) is 23.3 Å². The van der Waals surface area contributed by atoms with Crippen LogP contribution in [0.2, 0.25) is 0 Å². The molecule has 4 rings (SSSR count). The summed E-state index contributed by atoms with van der Waals surface area (Å²) in [6.45, 7) is 0. The minimum absolute atomic E-state index is 0.118. The normalized spacial score (nSPS) is 11.8. The van der Waals surface area contributed by atoms with Gasteiger partial charge in [-0.1, -0.05) is 18.2 Å². The Hall–Kier alpha value is -4.06. The van der Waals surface area contributed by atoms with Gasteiger partial charge in [-0.15, -0.1) is 0 Å². The molecule has 0 unspecified atom stereocenters. The number of amides is 1. The molecule has 2 aromatic carbocycles. The lowest BCUT2D eigenvalue weighted by molar-refractivity contribution is -0.0499. The molecule has 0 atom stereocenters. The van der Waals surface area contributed by atoms with Crippen LogP contribution in [0.15, 0.2) is 73.3 Å². The van der Waals surface area contributed by atoms with Gasteiger partial charge in [-0.3, -0.25) is 4.79 Å². The van der Waals surface area contributed by atoms with Crippen LogP contribution in [0, 0.1) is 0 Å². The number of nitrogens with one attached hydrogen (secondary N) is 1. The minimum Gasteiger partial charge on any atom is -0.374 e. The number of carbonyl (C=O) groups excluding carboxylic acids is 1. The van der Waals surface area contributed by atoms with Crippen LogP contribution >= 0.6 is 0 Å². The van der Waals surface area contributed by atoms with Crippen LogP contribution in [0.25, 0.3) is 22.0 Å². The zero-order valence-corrected chi connectivity index (χ0v) is 17.3. The Kier molecular flexibility index (Phi) is 5.68. The summed E-state index contributed by atoms with van der Waals surface area (Å²) in [6, 6.07) is 13.9. The second-order valence-electron chi connectivity index (χ2n) is 6.63. The second kappa shape index (κ2) is 8.47. The van der Waals surface area contributed by atoms with Crippen molar-refractivity contribution in [3.05, 3.63) is 78.9 Å². The zero-order chi connectivity index (χ0) is 23.6. The lowest BCUT2D eigenvalue weighted by Gasteiger charge is -2.13. The first-order chi connectivity index (χ1) is 15.7. The van der Waals surface area contributed by atoms with Crippen molar-refractivity contribution >= 4 is 32.7 Å². The van der Waals surface area contributed by atoms with Crippen molar-refractivity contribution in [2.75, 3.05) is 5.32 Å². The predicted molar refractivity (Wildman–Crippen MR) is 113 cm³/mol. The highest BCUT2D eigenvalue weighted by atomic mass is 32.2. The summed E-state index contributed by atoms with van der Waals surface area (Å²) in [5.74, 6) is -0.575. The highest BCUT2D eigenvalue weighted by molar-refractivity contribution is 7.88. The molecular weight excluding hydrogens is 461 g/mol. The maximum Gasteiger partial charge on any atom is 0.534 e. The molecule has 0 bridgehead atoms. The topological polar surface area (TPSA) is 111 Å². The molecular formula is C21H13F3N4O4S. The molecule has 2 heterocycles. The van der Waals surface area contributed by atoms with Gasteiger partial charge in [0.15, 0.2) is 5.75 Å². The second-order valence-corrected chi connectivity index (χ2v) is 8.16. The number of hydrogen-bond donors (Lipinski definition) is 1. The van der Waals surface area contributed by atoms with E-state index in [1.807, 2.05) is 0 Å². The first-order valence-electron chi connectivity index (χ1n) is 9.22. The van der Waals surface area contributed by atoms with Crippen molar-refractivity contribution in [2.45, 2.75) is 5.51 Å². The number of benzene rings is 2. The quantitative estimate of drug-likeness (QED) is 0.341. The molecule has 1 amide bonds. The van der Waals surface area contributed by atoms with E-state index in [4.69, 9.17) is 0 Å². The predicted octanol–water partition coefficient (Wildman–Crippen LogP) is 4.17. The Labute approximate surface area is 185 Å². The number of pyridine rings is 1. The zero-order valence-electron chi connectivity index (χ0n) is 16.4. The fourth-order valence-electron chi connectivity index (χ4n) is 2.96. The molecule has 2 aromatic heterocycles. The van der Waals surface area contributed by atoms with Gasteiger partial charge in [-0.25, -0.2) is 15.0 Å². The van der Waals surface area contributed by atoms with E-state index in [1.165, 1.54) is 12.3 Å². The van der Waals surface area contributed by atoms with Gasteiger partial charge in [0.25, 0.3) is 5.91 Å². The van der Waals surface area contributed by atoms with E-state index in [1.54, 1.807) is 48.7 Å². The Morgan fingerprint density at radius 2 is 1.73 bits per heavy atom. The molecule has 0 spiro atoms. The highest BCUT2D eigenvalue weighted by Gasteiger charge is 2.48. The van der Waals surface area contributed by atoms with Crippen molar-refractivity contribution in [3.8, 4) is 16.9 Å². The molecule has 33 heavy (non-hydrogen) atoms. The van der Waals surface area contributed by atoms with Gasteiger partial charge < -0.3 is 9.50 Å². The van der Waals surface area contributed by atoms with Crippen LogP contribution in [0.5, 0.6) is 5.75 Å². The summed E-state index contributed by atoms with van der Waals surface area (Å²) in [5, 5.41) is 2.92. The molecule has 1 N–H and O–H groups in total. The maximum absolute atomic E-state index is 12.7. The van der Waals surface area contributed by atoms with Crippen LogP contribution in [0.1, 0.15) is 10.4 Å². The number of alkyl halides is 3. The van der Waals surface area contributed by atoms with Crippen molar-refractivity contribution in [3.63, 3.8) is 0 Å². The number of nitrogens with zero attached hydrogens (tertiary/aromatic N) is 3. The third-order valence-corrected chi connectivity index (χ3v) is 5.45. The SMILES string of the molecule is O=C(Nc1ccccn1)c1ccc(-c2ccc(OS(=O)(=O)C(F)(F)F)c3ncncc23)cc1. The molecule has 0 aliphatic heterocycles. The number of halogens is 3. The Morgan fingerprint density at radius 3 is 2.39 bits per heavy atom. The summed E-state index contributed by atoms with van der Waals surface area (Å²) >= 11 is 0. The summed E-state index contributed by atoms with van der Waals surface area (Å²) in [6.07, 6.45) is 3.93. The fraction of sp³-hybridized carbons (Fsp3) is 0.0476. The van der Waals surface area contributed by atoms with Crippen molar-refractivity contribution < 1.29 is 30.6 Å². The van der Waals surface area contributed by atoms with Crippen molar-refractivity contribution in [1.82, 2.24) is 15.0 Å². The summed E-state index contributed by atoms with van der Waals surface area (Å²) in [7, 11) is -5.87. The Balaban J connectivity index is 1.66. The molecule has 0 aliphatic rings. The number of anilines is 1. The van der Waals surface area contributed by atoms with E-state index in [0.29, 0.717) is 22.5 Å². The molecule has 168 valence electrons. The maximum atomic E-state index is 12.7. The molecule has 8 nitrogen and oxygen atoms in total. The molecule has 0 radical (unpaired) electrons. The third kappa shape index (κ3) is 4.60. The van der Waals surface area contributed by atoms with Gasteiger partial charge in [-0.2, -0.15) is 21.6 Å². The van der Waals surface area contributed by atoms with Crippen LogP contribution in [0.3, 0.4) is 0 Å². The number of carbonyl (C=O) groups is 1. The fourth-order valence-corrected chi connectivity index (χ4v) is 3.43. The molecule has 0 aliphatic carbocycles. The average Bonchev–Trinajstić information content (AvgIpc) is 2.79. The van der Waals surface area contributed by atoms with Crippen molar-refractivity contribution in [2.24, 2.45) is 0 Å². The summed E-state index contributed by atoms with van der Waals surface area (Å²) in [4.78, 5) is 24.2. The van der Waals surface area contributed by atoms with Gasteiger partial charge in [0.2, 0.25) is 0 Å². The number of fused-ring (bicyclic) bond motifs is 1. The molecule has 0 saturated carbocycles. The summed E-state index contributed by atoms with van der Waals surface area (Å²) in [5.41, 5.74) is -4.27. The van der Waals surface area contributed by atoms with Crippen molar-refractivity contribution in [1.29, 1.82) is 0 Å². The lowest BCUT2D eigenvalue weighted by atomic mass is 10.00. The lowest BCUT2D eigenvalue weighted by Crippen LogP contribution is -2.28. The van der Waals surface area contributed by atoms with Crippen LogP contribution in [-0.2, 0) is 10.1 Å². The number of rotatable bonds is 5. The molecule has 4 aromatic rings. The Morgan fingerprint density at radius 1 is 0.970 bits per heavy atom. The van der Waals surface area contributed by atoms with Gasteiger partial charge in [-0.05, 0) is 47.5 Å². The van der Waals surface area contributed by atoms with E-state index in [0.717, 1.165) is 12.4 Å². The molecule has 0 saturated heterocycles. The van der Waals surface area contributed by atoms with E-state index in [2.05, 4.69) is 24.5 Å². The monoisotopic (exact) mass is 474 g/mol. The largest absolute Gasteiger partial charge is 0.534 e. The molecule has 0 fully saturated rings. The smallest absolute Gasteiger partial charge is 0.374 e.